The van der Waals surface area contributed by atoms with E-state index in [1.54, 1.807) is 37.3 Å². The van der Waals surface area contributed by atoms with Crippen LogP contribution in [0.5, 0.6) is 0 Å². The summed E-state index contributed by atoms with van der Waals surface area (Å²) in [6.45, 7) is 1.45. The van der Waals surface area contributed by atoms with Crippen LogP contribution in [-0.4, -0.2) is 43.3 Å². The first kappa shape index (κ1) is 22.7. The van der Waals surface area contributed by atoms with Crippen LogP contribution in [0.1, 0.15) is 25.3 Å². The van der Waals surface area contributed by atoms with Crippen molar-refractivity contribution in [2.45, 2.75) is 37.9 Å². The van der Waals surface area contributed by atoms with Gasteiger partial charge in [-0.25, -0.2) is 9.59 Å². The van der Waals surface area contributed by atoms with Crippen molar-refractivity contribution in [2.75, 3.05) is 7.11 Å². The van der Waals surface area contributed by atoms with E-state index in [0.29, 0.717) is 11.6 Å². The number of carbonyl (C=O) groups is 2. The highest BCUT2D eigenvalue weighted by atomic mass is 32.2. The summed E-state index contributed by atoms with van der Waals surface area (Å²) in [5.74, 6) is -2.94. The highest BCUT2D eigenvalue weighted by molar-refractivity contribution is 7.90. The normalized spacial score (nSPS) is 21.3. The molecule has 0 unspecified atom stereocenters. The van der Waals surface area contributed by atoms with Crippen LogP contribution in [0.2, 0.25) is 0 Å². The lowest BCUT2D eigenvalue weighted by atomic mass is 9.97. The molecule has 0 amide bonds. The first-order valence-corrected chi connectivity index (χ1v) is 10.1. The van der Waals surface area contributed by atoms with Gasteiger partial charge >= 0.3 is 27.5 Å². The van der Waals surface area contributed by atoms with Crippen molar-refractivity contribution in [2.24, 2.45) is 5.92 Å². The van der Waals surface area contributed by atoms with Gasteiger partial charge in [0, 0.05) is 11.8 Å². The second-order valence-electron chi connectivity index (χ2n) is 6.32. The fourth-order valence-corrected chi connectivity index (χ4v) is 4.28. The third-order valence-corrected chi connectivity index (χ3v) is 6.04. The molecule has 0 radical (unpaired) electrons. The van der Waals surface area contributed by atoms with Gasteiger partial charge in [-0.05, 0) is 17.9 Å². The number of ether oxygens (including phenoxy) is 2. The molecule has 1 fully saturated rings. The van der Waals surface area contributed by atoms with E-state index in [4.69, 9.17) is 4.74 Å². The lowest BCUT2D eigenvalue weighted by Gasteiger charge is -2.27. The number of halogens is 3. The van der Waals surface area contributed by atoms with Gasteiger partial charge in [-0.2, -0.15) is 21.6 Å². The van der Waals surface area contributed by atoms with Crippen LogP contribution in [0.3, 0.4) is 0 Å². The Morgan fingerprint density at radius 2 is 1.86 bits per heavy atom. The van der Waals surface area contributed by atoms with Crippen LogP contribution in [0.25, 0.3) is 0 Å². The maximum atomic E-state index is 13.2. The van der Waals surface area contributed by atoms with Gasteiger partial charge in [0.2, 0.25) is 0 Å². The summed E-state index contributed by atoms with van der Waals surface area (Å²) >= 11 is 0. The highest BCUT2D eigenvalue weighted by Crippen LogP contribution is 2.42. The molecule has 11 heteroatoms. The summed E-state index contributed by atoms with van der Waals surface area (Å²) in [5.41, 5.74) is -5.48. The molecule has 1 heterocycles. The largest absolute Gasteiger partial charge is 0.516 e. The van der Waals surface area contributed by atoms with Crippen LogP contribution in [0.15, 0.2) is 42.1 Å². The summed E-state index contributed by atoms with van der Waals surface area (Å²) < 4.78 is 73.3. The van der Waals surface area contributed by atoms with Crippen LogP contribution in [0.4, 0.5) is 13.2 Å². The van der Waals surface area contributed by atoms with E-state index >= 15 is 0 Å². The fraction of sp³-hybridized carbons (Fsp3) is 0.444. The lowest BCUT2D eigenvalue weighted by molar-refractivity contribution is -0.146. The van der Waals surface area contributed by atoms with Crippen molar-refractivity contribution in [3.8, 4) is 0 Å². The molecule has 0 saturated carbocycles. The Morgan fingerprint density at radius 1 is 1.24 bits per heavy atom. The Kier molecular flexibility index (Phi) is 6.93. The number of carbonyl (C=O) groups excluding carboxylic acids is 2. The smallest absolute Gasteiger partial charge is 0.467 e. The number of esters is 2. The number of hydrogen-bond donors (Lipinski definition) is 0. The molecule has 2 rings (SSSR count). The molecule has 1 saturated heterocycles. The Labute approximate surface area is 166 Å². The van der Waals surface area contributed by atoms with Crippen LogP contribution < -0.4 is 0 Å². The van der Waals surface area contributed by atoms with Crippen LogP contribution in [-0.2, 0) is 35.7 Å². The molecule has 0 bridgehead atoms. The predicted octanol–water partition coefficient (Wildman–Crippen LogP) is 2.74. The van der Waals surface area contributed by atoms with E-state index in [9.17, 15) is 31.2 Å². The monoisotopic (exact) mass is 435 g/mol. The molecule has 1 aliphatic heterocycles. The summed E-state index contributed by atoms with van der Waals surface area (Å²) in [6.07, 6.45) is 0.643. The SMILES string of the molecule is CC[C@H]1C/C(=C\C(=O)OCc2ccccc2)N(S(=O)(=O)C(F)(F)F)[C@@H]1C(=O)OC. The van der Waals surface area contributed by atoms with Crippen molar-refractivity contribution in [1.82, 2.24) is 4.31 Å². The van der Waals surface area contributed by atoms with Gasteiger partial charge in [-0.3, -0.25) is 4.31 Å². The Hall–Kier alpha value is -2.56. The quantitative estimate of drug-likeness (QED) is 0.504. The summed E-state index contributed by atoms with van der Waals surface area (Å²) in [4.78, 5) is 24.2. The molecule has 1 aromatic rings. The molecule has 7 nitrogen and oxygen atoms in total. The molecule has 1 aromatic carbocycles. The molecule has 0 aromatic heterocycles. The summed E-state index contributed by atoms with van der Waals surface area (Å²) in [5, 5.41) is 0. The van der Waals surface area contributed by atoms with Gasteiger partial charge in [0.25, 0.3) is 0 Å². The lowest BCUT2D eigenvalue weighted by Crippen LogP contribution is -2.48. The average molecular weight is 435 g/mol. The van der Waals surface area contributed by atoms with Crippen molar-refractivity contribution in [3.05, 3.63) is 47.7 Å². The molecule has 1 aliphatic rings. The van der Waals surface area contributed by atoms with Crippen molar-refractivity contribution in [1.29, 1.82) is 0 Å². The minimum atomic E-state index is -5.93. The van der Waals surface area contributed by atoms with Gasteiger partial charge < -0.3 is 9.47 Å². The number of benzene rings is 1. The van der Waals surface area contributed by atoms with Gasteiger partial charge in [0.15, 0.2) is 0 Å². The number of rotatable bonds is 6. The van der Waals surface area contributed by atoms with Crippen LogP contribution >= 0.6 is 0 Å². The molecule has 29 heavy (non-hydrogen) atoms. The zero-order valence-corrected chi connectivity index (χ0v) is 16.5. The molecule has 0 spiro atoms. The maximum absolute atomic E-state index is 13.2. The molecule has 160 valence electrons. The van der Waals surface area contributed by atoms with Gasteiger partial charge in [-0.1, -0.05) is 43.7 Å². The topological polar surface area (TPSA) is 90.0 Å². The first-order chi connectivity index (χ1) is 13.5. The minimum absolute atomic E-state index is 0.0588. The summed E-state index contributed by atoms with van der Waals surface area (Å²) in [7, 11) is -4.98. The third kappa shape index (κ3) is 4.89. The summed E-state index contributed by atoms with van der Waals surface area (Å²) in [6, 6.07) is 6.81. The van der Waals surface area contributed by atoms with Gasteiger partial charge in [0.05, 0.1) is 7.11 Å². The van der Waals surface area contributed by atoms with E-state index in [1.165, 1.54) is 0 Å². The number of methoxy groups -OCH3 is 1. The standard InChI is InChI=1S/C18H20F3NO6S/c1-3-13-9-14(10-15(23)28-11-12-7-5-4-6-8-12)22(16(13)17(24)27-2)29(25,26)18(19,20)21/h4-8,10,13,16H,3,9,11H2,1-2H3/b14-10+/t13-,16-/m0/s1. The third-order valence-electron chi connectivity index (χ3n) is 4.48. The van der Waals surface area contributed by atoms with Crippen molar-refractivity contribution >= 4 is 22.0 Å². The van der Waals surface area contributed by atoms with Gasteiger partial charge in [0.1, 0.15) is 12.6 Å². The predicted molar refractivity (Wildman–Crippen MR) is 95.3 cm³/mol. The van der Waals surface area contributed by atoms with Crippen molar-refractivity contribution in [3.63, 3.8) is 0 Å². The van der Waals surface area contributed by atoms with E-state index < -0.39 is 45.1 Å². The van der Waals surface area contributed by atoms with E-state index in [1.807, 2.05) is 0 Å². The molecule has 2 atom stereocenters. The Bertz CT molecular complexity index is 883. The fourth-order valence-electron chi connectivity index (χ4n) is 3.06. The van der Waals surface area contributed by atoms with Crippen molar-refractivity contribution < 1.29 is 40.7 Å². The highest BCUT2D eigenvalue weighted by Gasteiger charge is 2.58. The van der Waals surface area contributed by atoms with E-state index in [2.05, 4.69) is 4.74 Å². The average Bonchev–Trinajstić information content (AvgIpc) is 3.04. The second kappa shape index (κ2) is 8.85. The van der Waals surface area contributed by atoms with E-state index in [0.717, 1.165) is 7.11 Å². The number of nitrogens with zero attached hydrogens (tertiary/aromatic N) is 1. The maximum Gasteiger partial charge on any atom is 0.516 e. The van der Waals surface area contributed by atoms with E-state index in [-0.39, 0.29) is 23.8 Å². The zero-order chi connectivity index (χ0) is 21.8. The molecular weight excluding hydrogens is 415 g/mol. The molecular formula is C18H20F3NO6S. The number of allylic oxidation sites excluding steroid dienone is 1. The zero-order valence-electron chi connectivity index (χ0n) is 15.7. The molecule has 0 aliphatic carbocycles. The number of alkyl halides is 3. The van der Waals surface area contributed by atoms with Gasteiger partial charge in [-0.15, -0.1) is 0 Å². The second-order valence-corrected chi connectivity index (χ2v) is 8.12. The Morgan fingerprint density at radius 3 is 2.38 bits per heavy atom. The number of sulfonamides is 1. The minimum Gasteiger partial charge on any atom is -0.467 e. The first-order valence-electron chi connectivity index (χ1n) is 8.62. The molecule has 0 N–H and O–H groups in total. The Balaban J connectivity index is 2.37. The number of hydrogen-bond acceptors (Lipinski definition) is 6. The van der Waals surface area contributed by atoms with Crippen LogP contribution in [0, 0.1) is 5.92 Å².